The second-order valence-electron chi connectivity index (χ2n) is 7.57. The van der Waals surface area contributed by atoms with E-state index in [2.05, 4.69) is 58.0 Å². The summed E-state index contributed by atoms with van der Waals surface area (Å²) in [5, 5.41) is 10.3. The Morgan fingerprint density at radius 1 is 0.857 bits per heavy atom. The van der Waals surface area contributed by atoms with Crippen molar-refractivity contribution >= 4 is 30.4 Å². The molecule has 1 aromatic rings. The summed E-state index contributed by atoms with van der Waals surface area (Å²) < 4.78 is 13.0. The van der Waals surface area contributed by atoms with Gasteiger partial charge < -0.3 is 8.23 Å². The summed E-state index contributed by atoms with van der Waals surface area (Å²) in [4.78, 5) is 0. The molecule has 0 saturated heterocycles. The minimum atomic E-state index is -2.50. The van der Waals surface area contributed by atoms with Crippen LogP contribution in [0.2, 0.25) is 45.8 Å². The van der Waals surface area contributed by atoms with E-state index in [-0.39, 0.29) is 0 Å². The molecule has 0 unspecified atom stereocenters. The summed E-state index contributed by atoms with van der Waals surface area (Å²) in [7, 11) is -5.99. The first-order chi connectivity index (χ1) is 9.35. The van der Waals surface area contributed by atoms with Crippen LogP contribution in [0, 0.1) is 18.3 Å². The zero-order valence-electron chi connectivity index (χ0n) is 14.5. The Kier molecular flexibility index (Phi) is 5.40. The Balaban J connectivity index is 3.36. The van der Waals surface area contributed by atoms with E-state index in [9.17, 15) is 5.26 Å². The van der Waals surface area contributed by atoms with Gasteiger partial charge in [0.05, 0.1) is 11.6 Å². The number of aryl methyl sites for hydroxylation is 1. The lowest BCUT2D eigenvalue weighted by Crippen LogP contribution is -2.60. The molecular weight excluding hydrogens is 310 g/mol. The molecular formula is C15H27NO2Si3. The molecule has 116 valence electrons. The van der Waals surface area contributed by atoms with Crippen molar-refractivity contribution in [1.82, 2.24) is 0 Å². The molecule has 0 aliphatic carbocycles. The molecule has 0 bridgehead atoms. The Hall–Kier alpha value is -0.719. The Labute approximate surface area is 132 Å². The van der Waals surface area contributed by atoms with E-state index in [1.165, 1.54) is 0 Å². The zero-order valence-corrected chi connectivity index (χ0v) is 17.5. The normalized spacial score (nSPS) is 13.1. The molecule has 0 amide bonds. The maximum Gasteiger partial charge on any atom is 0.348 e. The molecule has 0 radical (unpaired) electrons. The van der Waals surface area contributed by atoms with E-state index >= 15 is 0 Å². The lowest BCUT2D eigenvalue weighted by Gasteiger charge is -2.38. The van der Waals surface area contributed by atoms with Crippen LogP contribution in [0.25, 0.3) is 0 Å². The zero-order chi connectivity index (χ0) is 16.5. The molecule has 0 atom stereocenters. The monoisotopic (exact) mass is 337 g/mol. The predicted molar refractivity (Wildman–Crippen MR) is 96.0 cm³/mol. The number of hydrogen-bond donors (Lipinski definition) is 0. The minimum absolute atomic E-state index is 0.682. The highest BCUT2D eigenvalue weighted by atomic mass is 28.5. The topological polar surface area (TPSA) is 42.2 Å². The summed E-state index contributed by atoms with van der Waals surface area (Å²) >= 11 is 0. The molecule has 21 heavy (non-hydrogen) atoms. The number of benzene rings is 1. The Morgan fingerprint density at radius 2 is 1.33 bits per heavy atom. The molecule has 0 aliphatic rings. The Morgan fingerprint density at radius 3 is 1.71 bits per heavy atom. The van der Waals surface area contributed by atoms with Gasteiger partial charge >= 0.3 is 8.56 Å². The van der Waals surface area contributed by atoms with E-state index in [1.54, 1.807) is 0 Å². The lowest BCUT2D eigenvalue weighted by atomic mass is 10.2. The minimum Gasteiger partial charge on any atom is -0.433 e. The van der Waals surface area contributed by atoms with Crippen LogP contribution in [0.1, 0.15) is 11.1 Å². The van der Waals surface area contributed by atoms with Crippen molar-refractivity contribution in [3.63, 3.8) is 0 Å². The maximum absolute atomic E-state index is 9.22. The van der Waals surface area contributed by atoms with Crippen LogP contribution in [0.5, 0.6) is 0 Å². The largest absolute Gasteiger partial charge is 0.433 e. The van der Waals surface area contributed by atoms with Crippen molar-refractivity contribution in [3.8, 4) is 6.07 Å². The molecule has 0 saturated carbocycles. The van der Waals surface area contributed by atoms with E-state index in [0.717, 1.165) is 10.8 Å². The van der Waals surface area contributed by atoms with Gasteiger partial charge in [-0.05, 0) is 75.6 Å². The highest BCUT2D eigenvalue weighted by Crippen LogP contribution is 2.21. The van der Waals surface area contributed by atoms with Crippen molar-refractivity contribution in [2.45, 2.75) is 52.8 Å². The van der Waals surface area contributed by atoms with Crippen LogP contribution in [0.3, 0.4) is 0 Å². The summed E-state index contributed by atoms with van der Waals surface area (Å²) in [6.07, 6.45) is 0. The maximum atomic E-state index is 9.22. The van der Waals surface area contributed by atoms with Gasteiger partial charge in [0.15, 0.2) is 16.6 Å². The molecule has 1 rings (SSSR count). The van der Waals surface area contributed by atoms with Gasteiger partial charge in [0.1, 0.15) is 0 Å². The van der Waals surface area contributed by atoms with Crippen molar-refractivity contribution in [3.05, 3.63) is 29.3 Å². The molecule has 6 heteroatoms. The number of hydrogen-bond acceptors (Lipinski definition) is 3. The van der Waals surface area contributed by atoms with Gasteiger partial charge in [-0.1, -0.05) is 6.07 Å². The molecule has 3 nitrogen and oxygen atoms in total. The van der Waals surface area contributed by atoms with Gasteiger partial charge in [0.2, 0.25) is 0 Å². The Bertz CT molecular complexity index is 538. The van der Waals surface area contributed by atoms with Crippen molar-refractivity contribution < 1.29 is 8.23 Å². The van der Waals surface area contributed by atoms with Crippen molar-refractivity contribution in [1.29, 1.82) is 5.26 Å². The van der Waals surface area contributed by atoms with E-state index in [4.69, 9.17) is 8.23 Å². The van der Waals surface area contributed by atoms with Crippen LogP contribution < -0.4 is 5.19 Å². The average Bonchev–Trinajstić information content (AvgIpc) is 2.22. The third kappa shape index (κ3) is 5.88. The summed E-state index contributed by atoms with van der Waals surface area (Å²) in [6.45, 7) is 17.3. The molecule has 0 fully saturated rings. The fourth-order valence-electron chi connectivity index (χ4n) is 2.42. The number of nitriles is 1. The van der Waals surface area contributed by atoms with Gasteiger partial charge in [-0.2, -0.15) is 5.26 Å². The summed E-state index contributed by atoms with van der Waals surface area (Å²) in [5.41, 5.74) is 1.77. The molecule has 0 aromatic heterocycles. The van der Waals surface area contributed by atoms with Gasteiger partial charge in [-0.3, -0.25) is 0 Å². The van der Waals surface area contributed by atoms with Crippen LogP contribution >= 0.6 is 0 Å². The SMILES string of the molecule is Cc1cc(C#N)cc([Si](C)(O[Si](C)(C)C)O[Si](C)(C)C)c1. The second kappa shape index (κ2) is 6.18. The fourth-order valence-corrected chi connectivity index (χ4v) is 14.2. The van der Waals surface area contributed by atoms with E-state index < -0.39 is 25.2 Å². The van der Waals surface area contributed by atoms with E-state index in [1.807, 2.05) is 19.1 Å². The number of rotatable bonds is 5. The highest BCUT2D eigenvalue weighted by molar-refractivity contribution is 6.94. The van der Waals surface area contributed by atoms with Crippen LogP contribution in [0.4, 0.5) is 0 Å². The average molecular weight is 338 g/mol. The standard InChI is InChI=1S/C15H27NO2Si3/c1-13-9-14(12-16)11-15(10-13)21(8,17-19(2,3)4)18-20(5,6)7/h9-11H,1-8H3. The number of nitrogens with zero attached hydrogens (tertiary/aromatic N) is 1. The molecule has 0 N–H and O–H groups in total. The van der Waals surface area contributed by atoms with Crippen molar-refractivity contribution in [2.75, 3.05) is 0 Å². The smallest absolute Gasteiger partial charge is 0.348 e. The van der Waals surface area contributed by atoms with Gasteiger partial charge in [-0.15, -0.1) is 0 Å². The van der Waals surface area contributed by atoms with Gasteiger partial charge in [0, 0.05) is 0 Å². The summed E-state index contributed by atoms with van der Waals surface area (Å²) in [5.74, 6) is 0. The van der Waals surface area contributed by atoms with Crippen LogP contribution in [-0.2, 0) is 8.23 Å². The van der Waals surface area contributed by atoms with Gasteiger partial charge in [-0.25, -0.2) is 0 Å². The van der Waals surface area contributed by atoms with Crippen molar-refractivity contribution in [2.24, 2.45) is 0 Å². The quantitative estimate of drug-likeness (QED) is 0.766. The van der Waals surface area contributed by atoms with Crippen LogP contribution in [-0.4, -0.2) is 25.2 Å². The molecule has 1 aromatic carbocycles. The third-order valence-electron chi connectivity index (χ3n) is 2.73. The molecule has 0 spiro atoms. The predicted octanol–water partition coefficient (Wildman–Crippen LogP) is 3.85. The first-order valence-electron chi connectivity index (χ1n) is 7.27. The van der Waals surface area contributed by atoms with E-state index in [0.29, 0.717) is 5.56 Å². The van der Waals surface area contributed by atoms with Gasteiger partial charge in [0.25, 0.3) is 0 Å². The van der Waals surface area contributed by atoms with Crippen LogP contribution in [0.15, 0.2) is 18.2 Å². The first kappa shape index (κ1) is 18.3. The molecule has 0 heterocycles. The fraction of sp³-hybridized carbons (Fsp3) is 0.533. The third-order valence-corrected chi connectivity index (χ3v) is 12.1. The second-order valence-corrected chi connectivity index (χ2v) is 20.1. The first-order valence-corrected chi connectivity index (χ1v) is 16.4. The lowest BCUT2D eigenvalue weighted by molar-refractivity contribution is 0.404. The highest BCUT2D eigenvalue weighted by Gasteiger charge is 2.42. The molecule has 0 aliphatic heterocycles. The summed E-state index contributed by atoms with van der Waals surface area (Å²) in [6, 6.07) is 8.21.